The number of pyridine rings is 1. The minimum atomic E-state index is -0.253. The largest absolute Gasteiger partial charge is 0.376 e. The molecule has 2 heterocycles. The van der Waals surface area contributed by atoms with E-state index in [1.165, 1.54) is 6.20 Å². The molecular formula is C13H19FN2O. The molecule has 3 nitrogen and oxygen atoms in total. The molecule has 1 aromatic heterocycles. The molecule has 1 aliphatic heterocycles. The quantitative estimate of drug-likeness (QED) is 0.855. The molecule has 0 spiro atoms. The highest BCUT2D eigenvalue weighted by Crippen LogP contribution is 2.28. The second kappa shape index (κ2) is 6.07. The number of ether oxygens (including phenoxy) is 1. The second-order valence-corrected chi connectivity index (χ2v) is 4.38. The Balaban J connectivity index is 2.16. The predicted molar refractivity (Wildman–Crippen MR) is 64.2 cm³/mol. The van der Waals surface area contributed by atoms with Gasteiger partial charge in [-0.15, -0.1) is 0 Å². The van der Waals surface area contributed by atoms with Gasteiger partial charge < -0.3 is 10.1 Å². The average Bonchev–Trinajstić information content (AvgIpc) is 2.85. The summed E-state index contributed by atoms with van der Waals surface area (Å²) in [4.78, 5) is 3.79. The van der Waals surface area contributed by atoms with Crippen LogP contribution in [-0.2, 0) is 4.74 Å². The molecule has 0 bridgehead atoms. The van der Waals surface area contributed by atoms with Crippen LogP contribution in [0.25, 0.3) is 0 Å². The lowest BCUT2D eigenvalue weighted by molar-refractivity contribution is 0.0771. The van der Waals surface area contributed by atoms with Crippen molar-refractivity contribution in [1.29, 1.82) is 0 Å². The van der Waals surface area contributed by atoms with Gasteiger partial charge in [-0.2, -0.15) is 0 Å². The number of halogens is 1. The van der Waals surface area contributed by atoms with Crippen molar-refractivity contribution in [3.63, 3.8) is 0 Å². The lowest BCUT2D eigenvalue weighted by Crippen LogP contribution is -2.33. The molecule has 4 heteroatoms. The van der Waals surface area contributed by atoms with Crippen molar-refractivity contribution in [2.24, 2.45) is 0 Å². The number of nitrogens with one attached hydrogen (secondary N) is 1. The molecule has 2 unspecified atom stereocenters. The first-order valence-electron chi connectivity index (χ1n) is 6.27. The van der Waals surface area contributed by atoms with Crippen molar-refractivity contribution >= 4 is 0 Å². The van der Waals surface area contributed by atoms with E-state index in [4.69, 9.17) is 4.74 Å². The summed E-state index contributed by atoms with van der Waals surface area (Å²) >= 11 is 0. The van der Waals surface area contributed by atoms with E-state index in [-0.39, 0.29) is 18.0 Å². The zero-order valence-electron chi connectivity index (χ0n) is 10.2. The van der Waals surface area contributed by atoms with Gasteiger partial charge in [-0.1, -0.05) is 6.92 Å². The van der Waals surface area contributed by atoms with E-state index in [9.17, 15) is 4.39 Å². The normalized spacial score (nSPS) is 21.6. The molecule has 17 heavy (non-hydrogen) atoms. The Morgan fingerprint density at radius 3 is 3.18 bits per heavy atom. The summed E-state index contributed by atoms with van der Waals surface area (Å²) in [6.45, 7) is 3.75. The minimum Gasteiger partial charge on any atom is -0.376 e. The summed E-state index contributed by atoms with van der Waals surface area (Å²) < 4.78 is 19.4. The molecule has 0 radical (unpaired) electrons. The van der Waals surface area contributed by atoms with E-state index in [0.29, 0.717) is 5.56 Å². The number of hydrogen-bond acceptors (Lipinski definition) is 3. The van der Waals surface area contributed by atoms with Gasteiger partial charge in [0.25, 0.3) is 0 Å². The van der Waals surface area contributed by atoms with Crippen molar-refractivity contribution < 1.29 is 9.13 Å². The lowest BCUT2D eigenvalue weighted by Gasteiger charge is -2.24. The Labute approximate surface area is 101 Å². The topological polar surface area (TPSA) is 34.2 Å². The second-order valence-electron chi connectivity index (χ2n) is 4.38. The number of hydrogen-bond donors (Lipinski definition) is 1. The predicted octanol–water partition coefficient (Wildman–Crippen LogP) is 2.44. The highest BCUT2D eigenvalue weighted by molar-refractivity contribution is 5.19. The van der Waals surface area contributed by atoms with E-state index < -0.39 is 0 Å². The van der Waals surface area contributed by atoms with Crippen LogP contribution in [0.5, 0.6) is 0 Å². The number of nitrogens with zero attached hydrogens (tertiary/aromatic N) is 1. The monoisotopic (exact) mass is 238 g/mol. The molecule has 1 saturated heterocycles. The molecule has 1 aromatic rings. The van der Waals surface area contributed by atoms with Crippen molar-refractivity contribution in [2.45, 2.75) is 38.3 Å². The van der Waals surface area contributed by atoms with Crippen LogP contribution in [0, 0.1) is 5.82 Å². The maximum Gasteiger partial charge on any atom is 0.146 e. The molecule has 1 fully saturated rings. The fraction of sp³-hybridized carbons (Fsp3) is 0.615. The zero-order chi connectivity index (χ0) is 12.1. The third-order valence-corrected chi connectivity index (χ3v) is 3.09. The molecule has 1 aliphatic rings. The summed E-state index contributed by atoms with van der Waals surface area (Å²) in [6.07, 6.45) is 6.05. The van der Waals surface area contributed by atoms with Crippen molar-refractivity contribution in [1.82, 2.24) is 10.3 Å². The number of aromatic nitrogens is 1. The Morgan fingerprint density at radius 1 is 1.65 bits per heavy atom. The van der Waals surface area contributed by atoms with Crippen molar-refractivity contribution in [2.75, 3.05) is 13.2 Å². The third kappa shape index (κ3) is 3.01. The molecule has 0 aliphatic carbocycles. The Kier molecular flexibility index (Phi) is 4.45. The molecular weight excluding hydrogens is 219 g/mol. The highest BCUT2D eigenvalue weighted by Gasteiger charge is 2.28. The van der Waals surface area contributed by atoms with Crippen LogP contribution in [0.4, 0.5) is 4.39 Å². The smallest absolute Gasteiger partial charge is 0.146 e. The van der Waals surface area contributed by atoms with Gasteiger partial charge >= 0.3 is 0 Å². The van der Waals surface area contributed by atoms with Crippen LogP contribution in [0.15, 0.2) is 18.5 Å². The SMILES string of the molecule is CCCNC(c1ccncc1F)C1CCCO1. The minimum absolute atomic E-state index is 0.0551. The van der Waals surface area contributed by atoms with Crippen LogP contribution < -0.4 is 5.32 Å². The molecule has 0 amide bonds. The van der Waals surface area contributed by atoms with Crippen LogP contribution in [0.1, 0.15) is 37.8 Å². The first-order chi connectivity index (χ1) is 8.33. The fourth-order valence-corrected chi connectivity index (χ4v) is 2.25. The van der Waals surface area contributed by atoms with Gasteiger partial charge in [-0.25, -0.2) is 4.39 Å². The molecule has 0 saturated carbocycles. The van der Waals surface area contributed by atoms with Gasteiger partial charge in [-0.3, -0.25) is 4.98 Å². The van der Waals surface area contributed by atoms with Crippen LogP contribution in [-0.4, -0.2) is 24.2 Å². The van der Waals surface area contributed by atoms with Gasteiger partial charge in [0.05, 0.1) is 18.3 Å². The Morgan fingerprint density at radius 2 is 2.53 bits per heavy atom. The van der Waals surface area contributed by atoms with Crippen LogP contribution >= 0.6 is 0 Å². The van der Waals surface area contributed by atoms with E-state index in [1.807, 2.05) is 0 Å². The number of rotatable bonds is 5. The van der Waals surface area contributed by atoms with Crippen molar-refractivity contribution in [3.8, 4) is 0 Å². The maximum absolute atomic E-state index is 13.8. The highest BCUT2D eigenvalue weighted by atomic mass is 19.1. The third-order valence-electron chi connectivity index (χ3n) is 3.09. The Hall–Kier alpha value is -1.00. The molecule has 94 valence electrons. The Bertz CT molecular complexity index is 353. The summed E-state index contributed by atoms with van der Waals surface area (Å²) in [5, 5.41) is 3.38. The zero-order valence-corrected chi connectivity index (χ0v) is 10.2. The standard InChI is InChI=1S/C13H19FN2O/c1-2-6-16-13(12-4-3-8-17-12)10-5-7-15-9-11(10)14/h5,7,9,12-13,16H,2-4,6,8H2,1H3. The van der Waals surface area contributed by atoms with E-state index >= 15 is 0 Å². The lowest BCUT2D eigenvalue weighted by atomic mass is 10.00. The van der Waals surface area contributed by atoms with Crippen LogP contribution in [0.3, 0.4) is 0 Å². The average molecular weight is 238 g/mol. The first kappa shape index (κ1) is 12.5. The van der Waals surface area contributed by atoms with Crippen molar-refractivity contribution in [3.05, 3.63) is 29.8 Å². The van der Waals surface area contributed by atoms with Crippen LogP contribution in [0.2, 0.25) is 0 Å². The summed E-state index contributed by atoms with van der Waals surface area (Å²) in [6, 6.07) is 1.69. The van der Waals surface area contributed by atoms with Gasteiger partial charge in [0.2, 0.25) is 0 Å². The molecule has 1 N–H and O–H groups in total. The van der Waals surface area contributed by atoms with Gasteiger partial charge in [0.15, 0.2) is 0 Å². The maximum atomic E-state index is 13.8. The van der Waals surface area contributed by atoms with E-state index in [1.54, 1.807) is 12.3 Å². The van der Waals surface area contributed by atoms with Gasteiger partial charge in [-0.05, 0) is 31.9 Å². The fourth-order valence-electron chi connectivity index (χ4n) is 2.25. The molecule has 2 atom stereocenters. The van der Waals surface area contributed by atoms with E-state index in [0.717, 1.165) is 32.4 Å². The molecule has 0 aromatic carbocycles. The van der Waals surface area contributed by atoms with Gasteiger partial charge in [0, 0.05) is 18.4 Å². The summed E-state index contributed by atoms with van der Waals surface area (Å²) in [5.41, 5.74) is 0.667. The van der Waals surface area contributed by atoms with E-state index in [2.05, 4.69) is 17.2 Å². The first-order valence-corrected chi connectivity index (χ1v) is 6.27. The summed E-state index contributed by atoms with van der Waals surface area (Å²) in [7, 11) is 0. The van der Waals surface area contributed by atoms with Gasteiger partial charge in [0.1, 0.15) is 5.82 Å². The molecule has 2 rings (SSSR count). The summed E-state index contributed by atoms with van der Waals surface area (Å²) in [5.74, 6) is -0.253.